The zero-order valence-corrected chi connectivity index (χ0v) is 17.0. The van der Waals surface area contributed by atoms with Gasteiger partial charge in [-0.3, -0.25) is 9.78 Å². The van der Waals surface area contributed by atoms with Crippen molar-refractivity contribution in [2.45, 2.75) is 37.7 Å². The van der Waals surface area contributed by atoms with Gasteiger partial charge in [-0.1, -0.05) is 30.3 Å². The highest BCUT2D eigenvalue weighted by Gasteiger charge is 2.37. The van der Waals surface area contributed by atoms with Crippen LogP contribution in [0, 0.1) is 0 Å². The standard InChI is InChI=1S/C20H22N2O5S/c1-20(2,3)27-19(24)22-11-10-14-17(18(22)23)16(28(4,25)26)12-15(21-14)13-8-6-5-7-9-13/h5-9,12H,10-11H2,1-4H3. The lowest BCUT2D eigenvalue weighted by Gasteiger charge is -2.30. The predicted octanol–water partition coefficient (Wildman–Crippen LogP) is 3.09. The Bertz CT molecular complexity index is 1040. The summed E-state index contributed by atoms with van der Waals surface area (Å²) in [6.45, 7) is 5.17. The van der Waals surface area contributed by atoms with Crippen LogP contribution in [-0.4, -0.2) is 48.7 Å². The van der Waals surface area contributed by atoms with E-state index in [0.717, 1.165) is 16.7 Å². The number of sulfone groups is 1. The van der Waals surface area contributed by atoms with E-state index < -0.39 is 27.4 Å². The minimum absolute atomic E-state index is 0.0562. The maximum absolute atomic E-state index is 13.0. The summed E-state index contributed by atoms with van der Waals surface area (Å²) < 4.78 is 30.1. The SMILES string of the molecule is CC(C)(C)OC(=O)N1CCc2nc(-c3ccccc3)cc(S(C)(=O)=O)c2C1=O. The molecule has 28 heavy (non-hydrogen) atoms. The van der Waals surface area contributed by atoms with E-state index >= 15 is 0 Å². The Hall–Kier alpha value is -2.74. The van der Waals surface area contributed by atoms with Crippen LogP contribution in [-0.2, 0) is 21.0 Å². The maximum atomic E-state index is 13.0. The van der Waals surface area contributed by atoms with Crippen molar-refractivity contribution in [1.29, 1.82) is 0 Å². The molecule has 148 valence electrons. The average molecular weight is 402 g/mol. The number of amides is 2. The van der Waals surface area contributed by atoms with Gasteiger partial charge in [0.25, 0.3) is 5.91 Å². The third-order valence-electron chi connectivity index (χ3n) is 4.17. The third kappa shape index (κ3) is 4.06. The van der Waals surface area contributed by atoms with Crippen LogP contribution in [0.4, 0.5) is 4.79 Å². The average Bonchev–Trinajstić information content (AvgIpc) is 2.59. The van der Waals surface area contributed by atoms with Crippen LogP contribution in [0.2, 0.25) is 0 Å². The molecule has 2 heterocycles. The van der Waals surface area contributed by atoms with Crippen LogP contribution < -0.4 is 0 Å². The van der Waals surface area contributed by atoms with Gasteiger partial charge in [0.05, 0.1) is 21.8 Å². The Kier molecular flexibility index (Phi) is 5.01. The molecule has 0 unspecified atom stereocenters. The van der Waals surface area contributed by atoms with Gasteiger partial charge in [-0.05, 0) is 26.8 Å². The molecule has 0 radical (unpaired) electrons. The Morgan fingerprint density at radius 1 is 1.18 bits per heavy atom. The first kappa shape index (κ1) is 20.0. The molecule has 0 saturated carbocycles. The van der Waals surface area contributed by atoms with Crippen molar-refractivity contribution in [2.24, 2.45) is 0 Å². The fourth-order valence-corrected chi connectivity index (χ4v) is 3.88. The number of carbonyl (C=O) groups excluding carboxylic acids is 2. The number of pyridine rings is 1. The van der Waals surface area contributed by atoms with Crippen LogP contribution in [0.3, 0.4) is 0 Å². The topological polar surface area (TPSA) is 93.6 Å². The number of imide groups is 1. The van der Waals surface area contributed by atoms with Crippen LogP contribution >= 0.6 is 0 Å². The maximum Gasteiger partial charge on any atom is 0.417 e. The van der Waals surface area contributed by atoms with E-state index in [4.69, 9.17) is 4.74 Å². The first-order valence-corrected chi connectivity index (χ1v) is 10.7. The Labute approximate surface area is 164 Å². The van der Waals surface area contributed by atoms with Gasteiger partial charge in [-0.15, -0.1) is 0 Å². The quantitative estimate of drug-likeness (QED) is 0.766. The highest BCUT2D eigenvalue weighted by atomic mass is 32.2. The number of aromatic nitrogens is 1. The molecule has 1 aromatic heterocycles. The molecular formula is C20H22N2O5S. The van der Waals surface area contributed by atoms with Gasteiger partial charge in [0.1, 0.15) is 5.60 Å². The number of hydrogen-bond donors (Lipinski definition) is 0. The van der Waals surface area contributed by atoms with E-state index in [1.54, 1.807) is 20.8 Å². The van der Waals surface area contributed by atoms with Crippen LogP contribution in [0.15, 0.2) is 41.3 Å². The van der Waals surface area contributed by atoms with E-state index in [-0.39, 0.29) is 23.4 Å². The Morgan fingerprint density at radius 2 is 1.82 bits per heavy atom. The molecule has 0 aliphatic carbocycles. The monoisotopic (exact) mass is 402 g/mol. The molecule has 0 spiro atoms. The number of nitrogens with zero attached hydrogens (tertiary/aromatic N) is 2. The fourth-order valence-electron chi connectivity index (χ4n) is 2.98. The molecule has 8 heteroatoms. The molecule has 3 rings (SSSR count). The minimum atomic E-state index is -3.73. The molecule has 0 atom stereocenters. The van der Waals surface area contributed by atoms with Crippen molar-refractivity contribution in [2.75, 3.05) is 12.8 Å². The van der Waals surface area contributed by atoms with E-state index in [1.807, 2.05) is 30.3 Å². The van der Waals surface area contributed by atoms with Gasteiger partial charge < -0.3 is 4.74 Å². The number of benzene rings is 1. The first-order chi connectivity index (χ1) is 13.0. The molecule has 0 saturated heterocycles. The van der Waals surface area contributed by atoms with E-state index in [2.05, 4.69) is 4.98 Å². The molecule has 2 amide bonds. The molecule has 0 N–H and O–H groups in total. The lowest BCUT2D eigenvalue weighted by atomic mass is 10.0. The summed E-state index contributed by atoms with van der Waals surface area (Å²) in [7, 11) is -3.73. The summed E-state index contributed by atoms with van der Waals surface area (Å²) in [6, 6.07) is 10.5. The summed E-state index contributed by atoms with van der Waals surface area (Å²) in [5.41, 5.74) is 0.758. The predicted molar refractivity (Wildman–Crippen MR) is 104 cm³/mol. The normalized spacial score (nSPS) is 14.6. The van der Waals surface area contributed by atoms with E-state index in [0.29, 0.717) is 11.4 Å². The van der Waals surface area contributed by atoms with Gasteiger partial charge in [0.2, 0.25) is 0 Å². The van der Waals surface area contributed by atoms with Gasteiger partial charge in [0.15, 0.2) is 9.84 Å². The molecule has 1 aromatic carbocycles. The lowest BCUT2D eigenvalue weighted by Crippen LogP contribution is -2.45. The molecule has 1 aliphatic heterocycles. The highest BCUT2D eigenvalue weighted by Crippen LogP contribution is 2.30. The van der Waals surface area contributed by atoms with Crippen LogP contribution in [0.5, 0.6) is 0 Å². The van der Waals surface area contributed by atoms with Crippen molar-refractivity contribution >= 4 is 21.8 Å². The Morgan fingerprint density at radius 3 is 2.39 bits per heavy atom. The molecular weight excluding hydrogens is 380 g/mol. The summed E-state index contributed by atoms with van der Waals surface area (Å²) in [5, 5.41) is 0. The zero-order valence-electron chi connectivity index (χ0n) is 16.2. The summed E-state index contributed by atoms with van der Waals surface area (Å²) >= 11 is 0. The van der Waals surface area contributed by atoms with Gasteiger partial charge in [-0.25, -0.2) is 18.1 Å². The van der Waals surface area contributed by atoms with Crippen molar-refractivity contribution in [3.63, 3.8) is 0 Å². The van der Waals surface area contributed by atoms with Crippen LogP contribution in [0.1, 0.15) is 36.8 Å². The molecule has 2 aromatic rings. The van der Waals surface area contributed by atoms with Gasteiger partial charge in [-0.2, -0.15) is 0 Å². The number of carbonyl (C=O) groups is 2. The second kappa shape index (κ2) is 7.01. The third-order valence-corrected chi connectivity index (χ3v) is 5.29. The Balaban J connectivity index is 2.11. The minimum Gasteiger partial charge on any atom is -0.443 e. The number of fused-ring (bicyclic) bond motifs is 1. The van der Waals surface area contributed by atoms with Gasteiger partial charge >= 0.3 is 6.09 Å². The molecule has 0 bridgehead atoms. The molecule has 0 fully saturated rings. The number of ether oxygens (including phenoxy) is 1. The number of rotatable bonds is 2. The molecule has 1 aliphatic rings. The van der Waals surface area contributed by atoms with Crippen molar-refractivity contribution < 1.29 is 22.7 Å². The lowest BCUT2D eigenvalue weighted by molar-refractivity contribution is 0.0231. The highest BCUT2D eigenvalue weighted by molar-refractivity contribution is 7.90. The summed E-state index contributed by atoms with van der Waals surface area (Å²) in [6.07, 6.45) is 0.496. The van der Waals surface area contributed by atoms with E-state index in [1.165, 1.54) is 6.07 Å². The first-order valence-electron chi connectivity index (χ1n) is 8.81. The zero-order chi connectivity index (χ0) is 20.7. The van der Waals surface area contributed by atoms with Gasteiger partial charge in [0, 0.05) is 24.8 Å². The van der Waals surface area contributed by atoms with Crippen molar-refractivity contribution in [3.05, 3.63) is 47.7 Å². The molecule has 7 nitrogen and oxygen atoms in total. The largest absolute Gasteiger partial charge is 0.443 e. The second-order valence-electron chi connectivity index (χ2n) is 7.65. The summed E-state index contributed by atoms with van der Waals surface area (Å²) in [5.74, 6) is -0.706. The van der Waals surface area contributed by atoms with E-state index in [9.17, 15) is 18.0 Å². The number of hydrogen-bond acceptors (Lipinski definition) is 6. The smallest absolute Gasteiger partial charge is 0.417 e. The second-order valence-corrected chi connectivity index (χ2v) is 9.64. The van der Waals surface area contributed by atoms with Crippen LogP contribution in [0.25, 0.3) is 11.3 Å². The summed E-state index contributed by atoms with van der Waals surface area (Å²) in [4.78, 5) is 30.7. The fraction of sp³-hybridized carbons (Fsp3) is 0.350. The van der Waals surface area contributed by atoms with Crippen molar-refractivity contribution in [1.82, 2.24) is 9.88 Å². The van der Waals surface area contributed by atoms with Crippen molar-refractivity contribution in [3.8, 4) is 11.3 Å².